The Bertz CT molecular complexity index is 620. The second kappa shape index (κ2) is 9.79. The van der Waals surface area contributed by atoms with E-state index in [4.69, 9.17) is 9.47 Å². The molecule has 0 aliphatic rings. The normalized spacial score (nSPS) is 12.0. The summed E-state index contributed by atoms with van der Waals surface area (Å²) in [6.07, 6.45) is -0.125. The maximum Gasteiger partial charge on any atom is 0.347 e. The number of hydrogen-bond acceptors (Lipinski definition) is 5. The maximum absolute atomic E-state index is 11.9. The predicted molar refractivity (Wildman–Crippen MR) is 98.0 cm³/mol. The van der Waals surface area contributed by atoms with E-state index in [9.17, 15) is 14.4 Å². The van der Waals surface area contributed by atoms with Crippen LogP contribution < -0.4 is 15.4 Å². The lowest BCUT2D eigenvalue weighted by molar-refractivity contribution is -0.154. The highest BCUT2D eigenvalue weighted by Crippen LogP contribution is 2.24. The van der Waals surface area contributed by atoms with Crippen molar-refractivity contribution in [3.8, 4) is 5.75 Å². The van der Waals surface area contributed by atoms with Gasteiger partial charge in [-0.05, 0) is 36.5 Å². The van der Waals surface area contributed by atoms with Crippen LogP contribution in [0.25, 0.3) is 0 Å². The number of imide groups is 1. The average Bonchev–Trinajstić information content (AvgIpc) is 2.57. The first-order valence-corrected chi connectivity index (χ1v) is 8.65. The van der Waals surface area contributed by atoms with Crippen molar-refractivity contribution >= 4 is 17.9 Å². The van der Waals surface area contributed by atoms with Crippen LogP contribution in [0.4, 0.5) is 4.79 Å². The quantitative estimate of drug-likeness (QED) is 0.725. The number of benzene rings is 1. The van der Waals surface area contributed by atoms with Crippen molar-refractivity contribution in [2.24, 2.45) is 0 Å². The molecule has 26 heavy (non-hydrogen) atoms. The third-order valence-corrected chi connectivity index (χ3v) is 3.50. The fourth-order valence-corrected chi connectivity index (χ4v) is 1.99. The van der Waals surface area contributed by atoms with Gasteiger partial charge in [-0.15, -0.1) is 0 Å². The molecule has 0 aromatic heterocycles. The standard InChI is InChI=1S/C19H28N2O5/c1-6-11-20-18(24)21-16(22)12-25-17(23)13(2)26-15-9-7-14(8-10-15)19(3,4)5/h7-10,13H,6,11-12H2,1-5H3,(H2,20,21,22,24)/t13-/m0/s1. The lowest BCUT2D eigenvalue weighted by Gasteiger charge is -2.20. The second-order valence-corrected chi connectivity index (χ2v) is 6.95. The van der Waals surface area contributed by atoms with Crippen molar-refractivity contribution in [3.05, 3.63) is 29.8 Å². The first-order valence-electron chi connectivity index (χ1n) is 8.65. The van der Waals surface area contributed by atoms with Crippen molar-refractivity contribution in [1.29, 1.82) is 0 Å². The molecule has 0 spiro atoms. The van der Waals surface area contributed by atoms with Gasteiger partial charge in [0.05, 0.1) is 0 Å². The molecule has 3 amide bonds. The van der Waals surface area contributed by atoms with Crippen LogP contribution in [0, 0.1) is 0 Å². The highest BCUT2D eigenvalue weighted by Gasteiger charge is 2.19. The van der Waals surface area contributed by atoms with Crippen LogP contribution in [0.2, 0.25) is 0 Å². The van der Waals surface area contributed by atoms with Crippen molar-refractivity contribution in [3.63, 3.8) is 0 Å². The molecule has 7 heteroatoms. The number of ether oxygens (including phenoxy) is 2. The molecular formula is C19H28N2O5. The third kappa shape index (κ3) is 7.55. The van der Waals surface area contributed by atoms with Crippen LogP contribution in [0.3, 0.4) is 0 Å². The molecule has 0 radical (unpaired) electrons. The van der Waals surface area contributed by atoms with Crippen molar-refractivity contribution < 1.29 is 23.9 Å². The zero-order valence-corrected chi connectivity index (χ0v) is 16.0. The second-order valence-electron chi connectivity index (χ2n) is 6.95. The molecule has 0 aliphatic heterocycles. The Balaban J connectivity index is 2.43. The van der Waals surface area contributed by atoms with E-state index in [0.717, 1.165) is 12.0 Å². The summed E-state index contributed by atoms with van der Waals surface area (Å²) in [6, 6.07) is 6.84. The van der Waals surface area contributed by atoms with E-state index in [-0.39, 0.29) is 5.41 Å². The lowest BCUT2D eigenvalue weighted by Crippen LogP contribution is -2.42. The summed E-state index contributed by atoms with van der Waals surface area (Å²) in [4.78, 5) is 34.8. The van der Waals surface area contributed by atoms with Gasteiger partial charge >= 0.3 is 12.0 Å². The number of esters is 1. The van der Waals surface area contributed by atoms with E-state index in [1.807, 2.05) is 19.1 Å². The summed E-state index contributed by atoms with van der Waals surface area (Å²) in [5, 5.41) is 4.56. The average molecular weight is 364 g/mol. The first kappa shape index (κ1) is 21.5. The van der Waals surface area contributed by atoms with Gasteiger partial charge in [-0.1, -0.05) is 39.8 Å². The Morgan fingerprint density at radius 1 is 1.12 bits per heavy atom. The van der Waals surface area contributed by atoms with Crippen LogP contribution in [0.5, 0.6) is 5.75 Å². The van der Waals surface area contributed by atoms with E-state index in [2.05, 4.69) is 31.4 Å². The molecule has 0 aliphatic carbocycles. The van der Waals surface area contributed by atoms with Gasteiger partial charge < -0.3 is 14.8 Å². The lowest BCUT2D eigenvalue weighted by atomic mass is 9.87. The number of hydrogen-bond donors (Lipinski definition) is 2. The largest absolute Gasteiger partial charge is 0.479 e. The van der Waals surface area contributed by atoms with Gasteiger partial charge in [-0.25, -0.2) is 9.59 Å². The van der Waals surface area contributed by atoms with Crippen molar-refractivity contribution in [2.45, 2.75) is 52.6 Å². The number of rotatable bonds is 7. The topological polar surface area (TPSA) is 93.7 Å². The van der Waals surface area contributed by atoms with Crippen molar-refractivity contribution in [2.75, 3.05) is 13.2 Å². The van der Waals surface area contributed by atoms with Crippen LogP contribution >= 0.6 is 0 Å². The van der Waals surface area contributed by atoms with Crippen LogP contribution in [-0.4, -0.2) is 37.2 Å². The van der Waals surface area contributed by atoms with Crippen LogP contribution in [0.1, 0.15) is 46.6 Å². The van der Waals surface area contributed by atoms with Gasteiger partial charge in [0.2, 0.25) is 0 Å². The Labute approximate surface area is 154 Å². The van der Waals surface area contributed by atoms with Crippen molar-refractivity contribution in [1.82, 2.24) is 10.6 Å². The Morgan fingerprint density at radius 2 is 1.73 bits per heavy atom. The Morgan fingerprint density at radius 3 is 2.27 bits per heavy atom. The SMILES string of the molecule is CCCNC(=O)NC(=O)COC(=O)[C@H](C)Oc1ccc(C(C)(C)C)cc1. The molecule has 1 rings (SSSR count). The monoisotopic (exact) mass is 364 g/mol. The van der Waals surface area contributed by atoms with E-state index in [0.29, 0.717) is 12.3 Å². The molecule has 1 aromatic carbocycles. The molecular weight excluding hydrogens is 336 g/mol. The highest BCUT2D eigenvalue weighted by molar-refractivity contribution is 5.95. The van der Waals surface area contributed by atoms with E-state index >= 15 is 0 Å². The molecule has 0 saturated heterocycles. The summed E-state index contributed by atoms with van der Waals surface area (Å²) in [5.74, 6) is -0.853. The minimum Gasteiger partial charge on any atom is -0.479 e. The highest BCUT2D eigenvalue weighted by atomic mass is 16.6. The fourth-order valence-electron chi connectivity index (χ4n) is 1.99. The van der Waals surface area contributed by atoms with Gasteiger partial charge in [-0.3, -0.25) is 10.1 Å². The smallest absolute Gasteiger partial charge is 0.347 e. The van der Waals surface area contributed by atoms with Crippen LogP contribution in [0.15, 0.2) is 24.3 Å². The molecule has 0 heterocycles. The molecule has 0 fully saturated rings. The summed E-state index contributed by atoms with van der Waals surface area (Å²) in [7, 11) is 0. The zero-order valence-electron chi connectivity index (χ0n) is 16.0. The minimum atomic E-state index is -0.878. The van der Waals surface area contributed by atoms with E-state index < -0.39 is 30.6 Å². The molecule has 1 aromatic rings. The number of nitrogens with one attached hydrogen (secondary N) is 2. The zero-order chi connectivity index (χ0) is 19.7. The number of carbonyl (C=O) groups is 3. The van der Waals surface area contributed by atoms with Crippen LogP contribution in [-0.2, 0) is 19.7 Å². The molecule has 144 valence electrons. The van der Waals surface area contributed by atoms with Gasteiger partial charge in [0.1, 0.15) is 5.75 Å². The maximum atomic E-state index is 11.9. The summed E-state index contributed by atoms with van der Waals surface area (Å²) < 4.78 is 10.4. The number of amides is 3. The molecule has 7 nitrogen and oxygen atoms in total. The number of urea groups is 1. The summed E-state index contributed by atoms with van der Waals surface area (Å²) in [5.41, 5.74) is 1.18. The third-order valence-electron chi connectivity index (χ3n) is 3.50. The van der Waals surface area contributed by atoms with Gasteiger partial charge in [0, 0.05) is 6.54 Å². The van der Waals surface area contributed by atoms with Gasteiger partial charge in [0.15, 0.2) is 12.7 Å². The van der Waals surface area contributed by atoms with Gasteiger partial charge in [-0.2, -0.15) is 0 Å². The summed E-state index contributed by atoms with van der Waals surface area (Å²) in [6.45, 7) is 9.66. The van der Waals surface area contributed by atoms with E-state index in [1.54, 1.807) is 12.1 Å². The van der Waals surface area contributed by atoms with Gasteiger partial charge in [0.25, 0.3) is 5.91 Å². The Hall–Kier alpha value is -2.57. The molecule has 0 bridgehead atoms. The number of carbonyl (C=O) groups excluding carboxylic acids is 3. The van der Waals surface area contributed by atoms with E-state index in [1.165, 1.54) is 6.92 Å². The molecule has 0 saturated carbocycles. The molecule has 2 N–H and O–H groups in total. The first-order chi connectivity index (χ1) is 12.1. The summed E-state index contributed by atoms with van der Waals surface area (Å²) >= 11 is 0. The molecule has 0 unspecified atom stereocenters. The minimum absolute atomic E-state index is 0.0276. The molecule has 1 atom stereocenters. The fraction of sp³-hybridized carbons (Fsp3) is 0.526. The predicted octanol–water partition coefficient (Wildman–Crippen LogP) is 2.53. The Kier molecular flexibility index (Phi) is 8.09.